The predicted octanol–water partition coefficient (Wildman–Crippen LogP) is 2.58. The molecular weight excluding hydrogens is 263 g/mol. The van der Waals surface area contributed by atoms with Crippen LogP contribution in [0.25, 0.3) is 0 Å². The van der Waals surface area contributed by atoms with Crippen LogP contribution in [-0.4, -0.2) is 29.2 Å². The summed E-state index contributed by atoms with van der Waals surface area (Å²) in [5.41, 5.74) is 0. The van der Waals surface area contributed by atoms with E-state index >= 15 is 0 Å². The number of hydrogen-bond donors (Lipinski definition) is 2. The van der Waals surface area contributed by atoms with Gasteiger partial charge in [-0.15, -0.1) is 0 Å². The van der Waals surface area contributed by atoms with Crippen molar-refractivity contribution in [2.45, 2.75) is 52.3 Å². The summed E-state index contributed by atoms with van der Waals surface area (Å²) in [7, 11) is 0. The number of alkyl halides is 3. The molecule has 0 aliphatic rings. The second kappa shape index (κ2) is 7.35. The minimum atomic E-state index is -4.63. The zero-order chi connectivity index (χ0) is 15.2. The average molecular weight is 283 g/mol. The number of nitrogens with one attached hydrogen (secondary N) is 1. The molecule has 0 aromatic carbocycles. The molecule has 0 aliphatic carbocycles. The first-order valence-corrected chi connectivity index (χ1v) is 6.18. The smallest absolute Gasteiger partial charge is 0.391 e. The van der Waals surface area contributed by atoms with Crippen LogP contribution in [0, 0.1) is 11.8 Å². The predicted molar refractivity (Wildman–Crippen MR) is 63.5 cm³/mol. The van der Waals surface area contributed by atoms with Crippen molar-refractivity contribution in [3.8, 4) is 0 Å². The fourth-order valence-corrected chi connectivity index (χ4v) is 1.79. The van der Waals surface area contributed by atoms with Crippen LogP contribution in [0.3, 0.4) is 0 Å². The molecule has 0 saturated heterocycles. The first-order valence-electron chi connectivity index (χ1n) is 6.18. The lowest BCUT2D eigenvalue weighted by molar-refractivity contribution is -0.160. The Morgan fingerprint density at radius 1 is 1.26 bits per heavy atom. The number of carboxylic acids is 1. The average Bonchev–Trinajstić information content (AvgIpc) is 2.22. The van der Waals surface area contributed by atoms with Gasteiger partial charge in [0.05, 0.1) is 6.42 Å². The SMILES string of the molecule is CCCC(C(=O)NC(CC(F)(F)F)C(=O)O)C(C)C. The number of amides is 1. The van der Waals surface area contributed by atoms with Crippen molar-refractivity contribution in [1.29, 1.82) is 0 Å². The molecule has 4 nitrogen and oxygen atoms in total. The number of carboxylic acid groups (broad SMARTS) is 1. The highest BCUT2D eigenvalue weighted by atomic mass is 19.4. The van der Waals surface area contributed by atoms with E-state index < -0.39 is 36.4 Å². The van der Waals surface area contributed by atoms with E-state index in [9.17, 15) is 22.8 Å². The minimum Gasteiger partial charge on any atom is -0.480 e. The number of hydrogen-bond acceptors (Lipinski definition) is 2. The van der Waals surface area contributed by atoms with Crippen LogP contribution in [0.2, 0.25) is 0 Å². The highest BCUT2D eigenvalue weighted by Gasteiger charge is 2.37. The molecule has 2 N–H and O–H groups in total. The number of aliphatic carboxylic acids is 1. The summed E-state index contributed by atoms with van der Waals surface area (Å²) in [6, 6.07) is -1.93. The maximum absolute atomic E-state index is 12.2. The molecule has 2 unspecified atom stereocenters. The zero-order valence-corrected chi connectivity index (χ0v) is 11.3. The molecule has 0 bridgehead atoms. The molecule has 0 spiro atoms. The van der Waals surface area contributed by atoms with Gasteiger partial charge < -0.3 is 10.4 Å². The Bertz CT molecular complexity index is 316. The van der Waals surface area contributed by atoms with Gasteiger partial charge in [-0.2, -0.15) is 13.2 Å². The zero-order valence-electron chi connectivity index (χ0n) is 11.3. The van der Waals surface area contributed by atoms with Gasteiger partial charge in [0.25, 0.3) is 0 Å². The van der Waals surface area contributed by atoms with Crippen molar-refractivity contribution < 1.29 is 27.9 Å². The third-order valence-electron chi connectivity index (χ3n) is 2.79. The highest BCUT2D eigenvalue weighted by molar-refractivity contribution is 5.85. The van der Waals surface area contributed by atoms with E-state index in [0.29, 0.717) is 12.8 Å². The summed E-state index contributed by atoms with van der Waals surface area (Å²) in [5.74, 6) is -2.83. The molecule has 112 valence electrons. The monoisotopic (exact) mass is 283 g/mol. The summed E-state index contributed by atoms with van der Waals surface area (Å²) in [6.45, 7) is 5.41. The standard InChI is InChI=1S/C12H20F3NO3/c1-4-5-8(7(2)3)10(17)16-9(11(18)19)6-12(13,14)15/h7-9H,4-6H2,1-3H3,(H,16,17)(H,18,19). The lowest BCUT2D eigenvalue weighted by atomic mass is 9.90. The third kappa shape index (κ3) is 7.03. The quantitative estimate of drug-likeness (QED) is 0.754. The fraction of sp³-hybridized carbons (Fsp3) is 0.833. The molecule has 0 aromatic heterocycles. The third-order valence-corrected chi connectivity index (χ3v) is 2.79. The van der Waals surface area contributed by atoms with Gasteiger partial charge in [-0.05, 0) is 12.3 Å². The molecule has 1 amide bonds. The molecule has 2 atom stereocenters. The van der Waals surface area contributed by atoms with E-state index in [1.807, 2.05) is 12.2 Å². The van der Waals surface area contributed by atoms with Gasteiger partial charge in [0.1, 0.15) is 6.04 Å². The van der Waals surface area contributed by atoms with Gasteiger partial charge in [-0.25, -0.2) is 4.79 Å². The van der Waals surface area contributed by atoms with Gasteiger partial charge >= 0.3 is 12.1 Å². The molecule has 19 heavy (non-hydrogen) atoms. The number of rotatable bonds is 7. The van der Waals surface area contributed by atoms with E-state index in [0.717, 1.165) is 0 Å². The molecule has 0 heterocycles. The van der Waals surface area contributed by atoms with Gasteiger partial charge in [-0.3, -0.25) is 4.79 Å². The van der Waals surface area contributed by atoms with Crippen LogP contribution >= 0.6 is 0 Å². The summed E-state index contributed by atoms with van der Waals surface area (Å²) in [5, 5.41) is 10.7. The van der Waals surface area contributed by atoms with E-state index in [1.54, 1.807) is 13.8 Å². The number of carbonyl (C=O) groups excluding carboxylic acids is 1. The minimum absolute atomic E-state index is 0.0553. The molecule has 0 aliphatic heterocycles. The maximum Gasteiger partial charge on any atom is 0.391 e. The van der Waals surface area contributed by atoms with E-state index in [4.69, 9.17) is 5.11 Å². The van der Waals surface area contributed by atoms with Crippen molar-refractivity contribution in [3.63, 3.8) is 0 Å². The van der Waals surface area contributed by atoms with Gasteiger partial charge in [-0.1, -0.05) is 27.2 Å². The van der Waals surface area contributed by atoms with Crippen LogP contribution in [-0.2, 0) is 9.59 Å². The Morgan fingerprint density at radius 3 is 2.11 bits per heavy atom. The second-order valence-electron chi connectivity index (χ2n) is 4.86. The van der Waals surface area contributed by atoms with Crippen LogP contribution in [0.1, 0.15) is 40.0 Å². The lowest BCUT2D eigenvalue weighted by Crippen LogP contribution is -2.46. The molecule has 0 aromatic rings. The van der Waals surface area contributed by atoms with Crippen molar-refractivity contribution in [3.05, 3.63) is 0 Å². The van der Waals surface area contributed by atoms with Crippen LogP contribution in [0.4, 0.5) is 13.2 Å². The van der Waals surface area contributed by atoms with Crippen LogP contribution in [0.15, 0.2) is 0 Å². The normalized spacial score (nSPS) is 15.1. The Balaban J connectivity index is 4.74. The van der Waals surface area contributed by atoms with E-state index in [-0.39, 0.29) is 5.92 Å². The van der Waals surface area contributed by atoms with Crippen molar-refractivity contribution in [2.75, 3.05) is 0 Å². The Hall–Kier alpha value is -1.27. The lowest BCUT2D eigenvalue weighted by Gasteiger charge is -2.23. The second-order valence-corrected chi connectivity index (χ2v) is 4.86. The number of halogens is 3. The molecule has 0 fully saturated rings. The fourth-order valence-electron chi connectivity index (χ4n) is 1.79. The Morgan fingerprint density at radius 2 is 1.79 bits per heavy atom. The van der Waals surface area contributed by atoms with Crippen molar-refractivity contribution in [1.82, 2.24) is 5.32 Å². The van der Waals surface area contributed by atoms with Gasteiger partial charge in [0.2, 0.25) is 5.91 Å². The largest absolute Gasteiger partial charge is 0.480 e. The summed E-state index contributed by atoms with van der Waals surface area (Å²) < 4.78 is 36.6. The molecule has 0 radical (unpaired) electrons. The summed E-state index contributed by atoms with van der Waals surface area (Å²) >= 11 is 0. The summed E-state index contributed by atoms with van der Waals surface area (Å²) in [4.78, 5) is 22.6. The van der Waals surface area contributed by atoms with Gasteiger partial charge in [0.15, 0.2) is 0 Å². The van der Waals surface area contributed by atoms with E-state index in [2.05, 4.69) is 0 Å². The van der Waals surface area contributed by atoms with Gasteiger partial charge in [0, 0.05) is 5.92 Å². The first-order chi connectivity index (χ1) is 8.58. The van der Waals surface area contributed by atoms with Crippen molar-refractivity contribution in [2.24, 2.45) is 11.8 Å². The van der Waals surface area contributed by atoms with Crippen LogP contribution < -0.4 is 5.32 Å². The molecule has 0 saturated carbocycles. The molecule has 7 heteroatoms. The van der Waals surface area contributed by atoms with Crippen molar-refractivity contribution >= 4 is 11.9 Å². The topological polar surface area (TPSA) is 66.4 Å². The molecular formula is C12H20F3NO3. The highest BCUT2D eigenvalue weighted by Crippen LogP contribution is 2.23. The Labute approximate surface area is 110 Å². The Kier molecular flexibility index (Phi) is 6.86. The van der Waals surface area contributed by atoms with Crippen LogP contribution in [0.5, 0.6) is 0 Å². The molecule has 0 rings (SSSR count). The summed E-state index contributed by atoms with van der Waals surface area (Å²) in [6.07, 6.45) is -4.98. The first kappa shape index (κ1) is 17.7. The van der Waals surface area contributed by atoms with E-state index in [1.165, 1.54) is 0 Å². The number of carbonyl (C=O) groups is 2. The maximum atomic E-state index is 12.2.